The molecule has 152 valence electrons. The van der Waals surface area contributed by atoms with Crippen molar-refractivity contribution in [3.8, 4) is 0 Å². The van der Waals surface area contributed by atoms with Crippen molar-refractivity contribution in [2.75, 3.05) is 26.2 Å². The maximum absolute atomic E-state index is 13.0. The summed E-state index contributed by atoms with van der Waals surface area (Å²) in [6, 6.07) is 6.81. The highest BCUT2D eigenvalue weighted by Crippen LogP contribution is 2.26. The van der Waals surface area contributed by atoms with Gasteiger partial charge in [-0.3, -0.25) is 14.5 Å². The number of hydrogen-bond donors (Lipinski definition) is 2. The first-order chi connectivity index (χ1) is 13.6. The monoisotopic (exact) mass is 388 g/mol. The van der Waals surface area contributed by atoms with Crippen LogP contribution in [0.3, 0.4) is 0 Å². The molecule has 4 rings (SSSR count). The van der Waals surface area contributed by atoms with Crippen molar-refractivity contribution in [2.24, 2.45) is 0 Å². The first kappa shape index (κ1) is 19.3. The smallest absolute Gasteiger partial charge is 0.237 e. The Hall–Kier alpha value is -1.99. The summed E-state index contributed by atoms with van der Waals surface area (Å²) in [7, 11) is 0. The summed E-state index contributed by atoms with van der Waals surface area (Å²) >= 11 is 0. The van der Waals surface area contributed by atoms with Crippen LogP contribution in [0, 0.1) is 5.82 Å². The van der Waals surface area contributed by atoms with Gasteiger partial charge in [-0.05, 0) is 43.4 Å². The zero-order chi connectivity index (χ0) is 19.5. The van der Waals surface area contributed by atoms with Crippen LogP contribution in [-0.2, 0) is 16.1 Å². The SMILES string of the molecule is O=C1NCC(CCC(=O)N2CCCC2)N2CC(NCc3ccc(F)cc3)CC12. The standard InChI is InChI=1S/C21H29FN4O2/c22-16-5-3-15(4-6-16)12-23-17-11-19-21(28)24-13-18(26(19)14-17)7-8-20(27)25-9-1-2-10-25/h3-6,17-19,23H,1-2,7-14H2,(H,24,28). The van der Waals surface area contributed by atoms with E-state index in [1.54, 1.807) is 12.1 Å². The Labute approximate surface area is 165 Å². The number of carbonyl (C=O) groups excluding carboxylic acids is 2. The lowest BCUT2D eigenvalue weighted by Crippen LogP contribution is -2.58. The molecule has 7 heteroatoms. The molecular formula is C21H29FN4O2. The van der Waals surface area contributed by atoms with Gasteiger partial charge in [0.2, 0.25) is 11.8 Å². The average molecular weight is 388 g/mol. The highest BCUT2D eigenvalue weighted by atomic mass is 19.1. The predicted molar refractivity (Wildman–Crippen MR) is 104 cm³/mol. The van der Waals surface area contributed by atoms with Crippen LogP contribution < -0.4 is 10.6 Å². The van der Waals surface area contributed by atoms with Gasteiger partial charge < -0.3 is 15.5 Å². The summed E-state index contributed by atoms with van der Waals surface area (Å²) in [6.45, 7) is 3.87. The molecule has 0 aliphatic carbocycles. The van der Waals surface area contributed by atoms with E-state index in [0.29, 0.717) is 19.5 Å². The molecule has 2 amide bonds. The molecule has 3 atom stereocenters. The van der Waals surface area contributed by atoms with E-state index in [0.717, 1.165) is 50.9 Å². The summed E-state index contributed by atoms with van der Waals surface area (Å²) in [5.41, 5.74) is 1.03. The van der Waals surface area contributed by atoms with Crippen LogP contribution in [0.15, 0.2) is 24.3 Å². The third-order valence-corrected chi connectivity index (χ3v) is 6.28. The molecule has 0 radical (unpaired) electrons. The molecule has 3 heterocycles. The van der Waals surface area contributed by atoms with Gasteiger partial charge in [0.25, 0.3) is 0 Å². The Kier molecular flexibility index (Phi) is 5.92. The quantitative estimate of drug-likeness (QED) is 0.770. The van der Waals surface area contributed by atoms with Gasteiger partial charge >= 0.3 is 0 Å². The topological polar surface area (TPSA) is 64.7 Å². The normalized spacial score (nSPS) is 27.7. The number of nitrogens with zero attached hydrogens (tertiary/aromatic N) is 2. The molecule has 1 aromatic rings. The molecule has 3 aliphatic rings. The fourth-order valence-electron chi connectivity index (χ4n) is 4.67. The summed E-state index contributed by atoms with van der Waals surface area (Å²) in [4.78, 5) is 28.9. The van der Waals surface area contributed by atoms with Crippen molar-refractivity contribution in [1.82, 2.24) is 20.4 Å². The molecule has 2 N–H and O–H groups in total. The van der Waals surface area contributed by atoms with E-state index >= 15 is 0 Å². The van der Waals surface area contributed by atoms with E-state index in [-0.39, 0.29) is 35.8 Å². The second kappa shape index (κ2) is 8.57. The number of piperazine rings is 1. The average Bonchev–Trinajstić information content (AvgIpc) is 3.37. The first-order valence-corrected chi connectivity index (χ1v) is 10.4. The molecule has 3 aliphatic heterocycles. The van der Waals surface area contributed by atoms with Crippen molar-refractivity contribution >= 4 is 11.8 Å². The van der Waals surface area contributed by atoms with E-state index in [4.69, 9.17) is 0 Å². The van der Waals surface area contributed by atoms with Gasteiger partial charge in [-0.25, -0.2) is 4.39 Å². The predicted octanol–water partition coefficient (Wildman–Crippen LogP) is 1.26. The molecule has 0 aromatic heterocycles. The Morgan fingerprint density at radius 2 is 1.96 bits per heavy atom. The number of nitrogens with one attached hydrogen (secondary N) is 2. The van der Waals surface area contributed by atoms with Crippen LogP contribution >= 0.6 is 0 Å². The van der Waals surface area contributed by atoms with Crippen molar-refractivity contribution in [2.45, 2.75) is 56.8 Å². The summed E-state index contributed by atoms with van der Waals surface area (Å²) < 4.78 is 13.0. The van der Waals surface area contributed by atoms with E-state index in [9.17, 15) is 14.0 Å². The molecule has 0 spiro atoms. The van der Waals surface area contributed by atoms with Crippen LogP contribution in [0.5, 0.6) is 0 Å². The van der Waals surface area contributed by atoms with Gasteiger partial charge in [-0.1, -0.05) is 12.1 Å². The van der Waals surface area contributed by atoms with Crippen LogP contribution in [0.2, 0.25) is 0 Å². The Morgan fingerprint density at radius 3 is 2.71 bits per heavy atom. The number of halogens is 1. The van der Waals surface area contributed by atoms with Gasteiger partial charge in [0.1, 0.15) is 5.82 Å². The molecule has 1 aromatic carbocycles. The molecule has 28 heavy (non-hydrogen) atoms. The highest BCUT2D eigenvalue weighted by Gasteiger charge is 2.43. The molecular weight excluding hydrogens is 359 g/mol. The minimum atomic E-state index is -0.232. The third kappa shape index (κ3) is 4.36. The maximum Gasteiger partial charge on any atom is 0.237 e. The van der Waals surface area contributed by atoms with Crippen molar-refractivity contribution in [3.63, 3.8) is 0 Å². The minimum Gasteiger partial charge on any atom is -0.353 e. The molecule has 0 saturated carbocycles. The highest BCUT2D eigenvalue weighted by molar-refractivity contribution is 5.83. The fourth-order valence-corrected chi connectivity index (χ4v) is 4.67. The lowest BCUT2D eigenvalue weighted by Gasteiger charge is -2.37. The molecule has 3 saturated heterocycles. The lowest BCUT2D eigenvalue weighted by atomic mass is 10.0. The van der Waals surface area contributed by atoms with Crippen molar-refractivity contribution in [1.29, 1.82) is 0 Å². The lowest BCUT2D eigenvalue weighted by molar-refractivity contribution is -0.131. The summed E-state index contributed by atoms with van der Waals surface area (Å²) in [6.07, 6.45) is 4.33. The van der Waals surface area contributed by atoms with Crippen molar-refractivity contribution < 1.29 is 14.0 Å². The van der Waals surface area contributed by atoms with E-state index in [1.165, 1.54) is 12.1 Å². The molecule has 0 bridgehead atoms. The van der Waals surface area contributed by atoms with Gasteiger partial charge in [0, 0.05) is 51.2 Å². The second-order valence-corrected chi connectivity index (χ2v) is 8.18. The number of hydrogen-bond acceptors (Lipinski definition) is 4. The number of rotatable bonds is 6. The van der Waals surface area contributed by atoms with E-state index in [2.05, 4.69) is 15.5 Å². The van der Waals surface area contributed by atoms with Gasteiger partial charge in [-0.2, -0.15) is 0 Å². The number of fused-ring (bicyclic) bond motifs is 1. The summed E-state index contributed by atoms with van der Waals surface area (Å²) in [5, 5.41) is 6.53. The Bertz CT molecular complexity index is 705. The zero-order valence-electron chi connectivity index (χ0n) is 16.2. The molecule has 6 nitrogen and oxygen atoms in total. The molecule has 3 fully saturated rings. The number of amides is 2. The number of carbonyl (C=O) groups is 2. The number of benzene rings is 1. The minimum absolute atomic E-state index is 0.0909. The maximum atomic E-state index is 13.0. The van der Waals surface area contributed by atoms with Crippen LogP contribution in [-0.4, -0.2) is 65.9 Å². The van der Waals surface area contributed by atoms with Crippen LogP contribution in [0.4, 0.5) is 4.39 Å². The Balaban J connectivity index is 1.30. The largest absolute Gasteiger partial charge is 0.353 e. The first-order valence-electron chi connectivity index (χ1n) is 10.4. The van der Waals surface area contributed by atoms with Gasteiger partial charge in [0.15, 0.2) is 0 Å². The fraction of sp³-hybridized carbons (Fsp3) is 0.619. The second-order valence-electron chi connectivity index (χ2n) is 8.18. The Morgan fingerprint density at radius 1 is 1.21 bits per heavy atom. The van der Waals surface area contributed by atoms with Crippen LogP contribution in [0.25, 0.3) is 0 Å². The zero-order valence-corrected chi connectivity index (χ0v) is 16.2. The number of likely N-dealkylation sites (tertiary alicyclic amines) is 1. The summed E-state index contributed by atoms with van der Waals surface area (Å²) in [5.74, 6) is 0.106. The van der Waals surface area contributed by atoms with E-state index < -0.39 is 0 Å². The van der Waals surface area contributed by atoms with Gasteiger partial charge in [-0.15, -0.1) is 0 Å². The van der Waals surface area contributed by atoms with Crippen LogP contribution in [0.1, 0.15) is 37.7 Å². The van der Waals surface area contributed by atoms with E-state index in [1.807, 2.05) is 4.90 Å². The van der Waals surface area contributed by atoms with Crippen molar-refractivity contribution in [3.05, 3.63) is 35.6 Å². The van der Waals surface area contributed by atoms with Gasteiger partial charge in [0.05, 0.1) is 6.04 Å². The molecule has 3 unspecified atom stereocenters. The third-order valence-electron chi connectivity index (χ3n) is 6.28.